The average molecular weight is 488 g/mol. The average Bonchev–Trinajstić information content (AvgIpc) is 3.18. The molecule has 7 heteroatoms. The van der Waals surface area contributed by atoms with Gasteiger partial charge in [0, 0.05) is 46.9 Å². The standard InChI is InChI=1S/C28H26ClN3O3/c29-23-10-13-26-25(19-23)28(20-31(26)27(33)22-8-11-24(12-9-22)32(34)35)14-17-30(18-15-28)16-4-7-21-5-2-1-3-6-21/h1-13,19H,14-18,20H2. The maximum atomic E-state index is 13.4. The molecule has 1 fully saturated rings. The molecule has 178 valence electrons. The number of rotatable bonds is 5. The number of nitro benzene ring substituents is 1. The number of carbonyl (C=O) groups is 1. The van der Waals surface area contributed by atoms with Gasteiger partial charge < -0.3 is 4.90 Å². The van der Waals surface area contributed by atoms with Gasteiger partial charge in [0.1, 0.15) is 0 Å². The van der Waals surface area contributed by atoms with Crippen LogP contribution in [0.4, 0.5) is 11.4 Å². The summed E-state index contributed by atoms with van der Waals surface area (Å²) in [5.41, 5.74) is 3.48. The Balaban J connectivity index is 1.32. The number of amides is 1. The fourth-order valence-corrected chi connectivity index (χ4v) is 5.37. The van der Waals surface area contributed by atoms with Crippen molar-refractivity contribution in [2.75, 3.05) is 31.1 Å². The van der Waals surface area contributed by atoms with Crippen LogP contribution in [0.5, 0.6) is 0 Å². The molecule has 0 N–H and O–H groups in total. The highest BCUT2D eigenvalue weighted by atomic mass is 35.5. The summed E-state index contributed by atoms with van der Waals surface area (Å²) in [7, 11) is 0. The van der Waals surface area contributed by atoms with Crippen molar-refractivity contribution < 1.29 is 9.72 Å². The largest absolute Gasteiger partial charge is 0.307 e. The molecule has 0 radical (unpaired) electrons. The zero-order chi connectivity index (χ0) is 24.4. The number of benzene rings is 3. The van der Waals surface area contributed by atoms with E-state index in [9.17, 15) is 14.9 Å². The Labute approximate surface area is 209 Å². The molecule has 0 unspecified atom stereocenters. The summed E-state index contributed by atoms with van der Waals surface area (Å²) in [6.07, 6.45) is 6.23. The van der Waals surface area contributed by atoms with Crippen LogP contribution in [0.2, 0.25) is 5.02 Å². The third-order valence-electron chi connectivity index (χ3n) is 7.14. The van der Waals surface area contributed by atoms with E-state index in [-0.39, 0.29) is 17.0 Å². The van der Waals surface area contributed by atoms with Gasteiger partial charge in [0.05, 0.1) is 4.92 Å². The Morgan fingerprint density at radius 2 is 1.74 bits per heavy atom. The molecule has 2 heterocycles. The van der Waals surface area contributed by atoms with E-state index in [1.165, 1.54) is 29.8 Å². The van der Waals surface area contributed by atoms with Gasteiger partial charge in [-0.15, -0.1) is 0 Å². The number of likely N-dealkylation sites (tertiary alicyclic amines) is 1. The van der Waals surface area contributed by atoms with E-state index < -0.39 is 4.92 Å². The Bertz CT molecular complexity index is 1270. The van der Waals surface area contributed by atoms with Crippen molar-refractivity contribution in [2.24, 2.45) is 0 Å². The molecule has 0 atom stereocenters. The maximum absolute atomic E-state index is 13.4. The van der Waals surface area contributed by atoms with Crippen molar-refractivity contribution in [2.45, 2.75) is 18.3 Å². The van der Waals surface area contributed by atoms with Crippen LogP contribution >= 0.6 is 11.6 Å². The van der Waals surface area contributed by atoms with Gasteiger partial charge in [-0.1, -0.05) is 54.1 Å². The van der Waals surface area contributed by atoms with E-state index in [2.05, 4.69) is 29.2 Å². The normalized spacial score (nSPS) is 17.1. The van der Waals surface area contributed by atoms with Gasteiger partial charge in [-0.2, -0.15) is 0 Å². The molecule has 5 rings (SSSR count). The molecule has 0 bridgehead atoms. The van der Waals surface area contributed by atoms with Crippen molar-refractivity contribution >= 4 is 35.0 Å². The van der Waals surface area contributed by atoms with Gasteiger partial charge in [0.15, 0.2) is 0 Å². The van der Waals surface area contributed by atoms with E-state index in [4.69, 9.17) is 11.6 Å². The van der Waals surface area contributed by atoms with Crippen molar-refractivity contribution in [3.63, 3.8) is 0 Å². The Morgan fingerprint density at radius 3 is 2.43 bits per heavy atom. The van der Waals surface area contributed by atoms with Crippen molar-refractivity contribution in [1.29, 1.82) is 0 Å². The summed E-state index contributed by atoms with van der Waals surface area (Å²) in [5.74, 6) is -0.145. The predicted molar refractivity (Wildman–Crippen MR) is 139 cm³/mol. The van der Waals surface area contributed by atoms with Crippen LogP contribution in [0.15, 0.2) is 78.9 Å². The summed E-state index contributed by atoms with van der Waals surface area (Å²) in [4.78, 5) is 28.2. The molecule has 2 aliphatic heterocycles. The highest BCUT2D eigenvalue weighted by Crippen LogP contribution is 2.48. The number of hydrogen-bond donors (Lipinski definition) is 0. The Kier molecular flexibility index (Phi) is 6.41. The molecule has 0 saturated carbocycles. The van der Waals surface area contributed by atoms with Crippen LogP contribution in [0.3, 0.4) is 0 Å². The summed E-state index contributed by atoms with van der Waals surface area (Å²) in [6, 6.07) is 21.8. The minimum atomic E-state index is -0.459. The highest BCUT2D eigenvalue weighted by Gasteiger charge is 2.46. The van der Waals surface area contributed by atoms with E-state index in [1.54, 1.807) is 0 Å². The molecular formula is C28H26ClN3O3. The highest BCUT2D eigenvalue weighted by molar-refractivity contribution is 6.30. The number of piperidine rings is 1. The number of carbonyl (C=O) groups excluding carboxylic acids is 1. The fourth-order valence-electron chi connectivity index (χ4n) is 5.20. The van der Waals surface area contributed by atoms with Gasteiger partial charge in [0.2, 0.25) is 0 Å². The van der Waals surface area contributed by atoms with E-state index >= 15 is 0 Å². The lowest BCUT2D eigenvalue weighted by Crippen LogP contribution is -2.46. The first-order valence-electron chi connectivity index (χ1n) is 11.8. The molecule has 1 spiro atoms. The number of nitrogens with zero attached hydrogens (tertiary/aromatic N) is 3. The Morgan fingerprint density at radius 1 is 1.03 bits per heavy atom. The van der Waals surface area contributed by atoms with Gasteiger partial charge in [-0.25, -0.2) is 0 Å². The molecule has 3 aromatic rings. The minimum absolute atomic E-state index is 0.0275. The third-order valence-corrected chi connectivity index (χ3v) is 7.37. The molecule has 35 heavy (non-hydrogen) atoms. The van der Waals surface area contributed by atoms with Crippen molar-refractivity contribution in [3.05, 3.63) is 111 Å². The van der Waals surface area contributed by atoms with E-state index in [1.807, 2.05) is 41.3 Å². The maximum Gasteiger partial charge on any atom is 0.269 e. The predicted octanol–water partition coefficient (Wildman–Crippen LogP) is 5.96. The monoisotopic (exact) mass is 487 g/mol. The summed E-state index contributed by atoms with van der Waals surface area (Å²) in [5, 5.41) is 11.7. The lowest BCUT2D eigenvalue weighted by Gasteiger charge is -2.39. The topological polar surface area (TPSA) is 66.7 Å². The molecule has 6 nitrogen and oxygen atoms in total. The van der Waals surface area contributed by atoms with Crippen LogP contribution in [-0.4, -0.2) is 41.9 Å². The second-order valence-electron chi connectivity index (χ2n) is 9.25. The first-order chi connectivity index (χ1) is 16.9. The first kappa shape index (κ1) is 23.3. The van der Waals surface area contributed by atoms with Crippen LogP contribution in [0.25, 0.3) is 6.08 Å². The van der Waals surface area contributed by atoms with Crippen LogP contribution < -0.4 is 4.90 Å². The van der Waals surface area contributed by atoms with Crippen molar-refractivity contribution in [1.82, 2.24) is 4.90 Å². The molecule has 0 aromatic heterocycles. The second kappa shape index (κ2) is 9.64. The smallest absolute Gasteiger partial charge is 0.269 e. The number of anilines is 1. The zero-order valence-electron chi connectivity index (χ0n) is 19.3. The molecule has 0 aliphatic carbocycles. The van der Waals surface area contributed by atoms with Crippen LogP contribution in [0.1, 0.15) is 34.3 Å². The molecule has 3 aromatic carbocycles. The van der Waals surface area contributed by atoms with Gasteiger partial charge in [-0.3, -0.25) is 19.8 Å². The fraction of sp³-hybridized carbons (Fsp3) is 0.250. The lowest BCUT2D eigenvalue weighted by atomic mass is 9.74. The zero-order valence-corrected chi connectivity index (χ0v) is 20.0. The quantitative estimate of drug-likeness (QED) is 0.329. The minimum Gasteiger partial charge on any atom is -0.307 e. The number of nitro groups is 1. The second-order valence-corrected chi connectivity index (χ2v) is 9.69. The third kappa shape index (κ3) is 4.72. The summed E-state index contributed by atoms with van der Waals surface area (Å²) < 4.78 is 0. The first-order valence-corrected chi connectivity index (χ1v) is 12.1. The number of non-ortho nitro benzene ring substituents is 1. The number of hydrogen-bond acceptors (Lipinski definition) is 4. The molecule has 1 saturated heterocycles. The molecule has 1 amide bonds. The van der Waals surface area contributed by atoms with Crippen LogP contribution in [0, 0.1) is 10.1 Å². The van der Waals surface area contributed by atoms with E-state index in [0.717, 1.165) is 43.7 Å². The van der Waals surface area contributed by atoms with Crippen molar-refractivity contribution in [3.8, 4) is 0 Å². The van der Waals surface area contributed by atoms with E-state index in [0.29, 0.717) is 17.1 Å². The van der Waals surface area contributed by atoms with Gasteiger partial charge >= 0.3 is 0 Å². The molecular weight excluding hydrogens is 462 g/mol. The van der Waals surface area contributed by atoms with Gasteiger partial charge in [-0.05, 0) is 67.4 Å². The summed E-state index contributed by atoms with van der Waals surface area (Å²) in [6.45, 7) is 3.35. The Hall–Kier alpha value is -3.48. The summed E-state index contributed by atoms with van der Waals surface area (Å²) >= 11 is 6.39. The molecule has 2 aliphatic rings. The lowest BCUT2D eigenvalue weighted by molar-refractivity contribution is -0.384. The number of fused-ring (bicyclic) bond motifs is 2. The number of halogens is 1. The van der Waals surface area contributed by atoms with Crippen LogP contribution in [-0.2, 0) is 5.41 Å². The van der Waals surface area contributed by atoms with Gasteiger partial charge in [0.25, 0.3) is 11.6 Å². The SMILES string of the molecule is O=C(c1ccc([N+](=O)[O-])cc1)N1CC2(CCN(CC=Cc3ccccc3)CC2)c2cc(Cl)ccc21.